The topological polar surface area (TPSA) is 36.5 Å². The van der Waals surface area contributed by atoms with Crippen LogP contribution in [0.3, 0.4) is 0 Å². The molecule has 0 aromatic carbocycles. The Morgan fingerprint density at radius 3 is 2.58 bits per heavy atom. The zero-order valence-electron chi connectivity index (χ0n) is 12.7. The molecule has 2 aliphatic heterocycles. The number of rotatable bonds is 6. The molecule has 0 atom stereocenters. The van der Waals surface area contributed by atoms with Crippen LogP contribution in [0.25, 0.3) is 0 Å². The number of nitrogens with one attached hydrogen (secondary N) is 2. The molecule has 0 bridgehead atoms. The molecule has 19 heavy (non-hydrogen) atoms. The van der Waals surface area contributed by atoms with E-state index in [1.54, 1.807) is 0 Å². The maximum absolute atomic E-state index is 5.41. The van der Waals surface area contributed by atoms with E-state index in [-0.39, 0.29) is 5.54 Å². The molecule has 0 amide bonds. The van der Waals surface area contributed by atoms with Crippen LogP contribution in [-0.4, -0.2) is 62.9 Å². The van der Waals surface area contributed by atoms with Gasteiger partial charge in [-0.3, -0.25) is 4.90 Å². The van der Waals surface area contributed by atoms with Crippen LogP contribution in [0, 0.1) is 5.92 Å². The van der Waals surface area contributed by atoms with Gasteiger partial charge in [-0.25, -0.2) is 0 Å². The maximum Gasteiger partial charge on any atom is 0.0468 e. The monoisotopic (exact) mass is 269 g/mol. The molecule has 0 unspecified atom stereocenters. The maximum atomic E-state index is 5.41. The molecule has 2 heterocycles. The summed E-state index contributed by atoms with van der Waals surface area (Å²) in [6.45, 7) is 13.5. The van der Waals surface area contributed by atoms with Crippen molar-refractivity contribution in [1.29, 1.82) is 0 Å². The van der Waals surface area contributed by atoms with Gasteiger partial charge in [-0.1, -0.05) is 0 Å². The average Bonchev–Trinajstić information content (AvgIpc) is 2.46. The molecule has 2 saturated heterocycles. The van der Waals surface area contributed by atoms with Crippen molar-refractivity contribution in [3.63, 3.8) is 0 Å². The van der Waals surface area contributed by atoms with E-state index in [0.29, 0.717) is 0 Å². The summed E-state index contributed by atoms with van der Waals surface area (Å²) in [5.41, 5.74) is 0.276. The van der Waals surface area contributed by atoms with Gasteiger partial charge in [0.15, 0.2) is 0 Å². The van der Waals surface area contributed by atoms with Crippen molar-refractivity contribution in [2.45, 2.75) is 38.6 Å². The van der Waals surface area contributed by atoms with Crippen molar-refractivity contribution in [3.8, 4) is 0 Å². The Labute approximate surface area is 118 Å². The van der Waals surface area contributed by atoms with Gasteiger partial charge in [-0.05, 0) is 45.6 Å². The van der Waals surface area contributed by atoms with Crippen LogP contribution in [0.1, 0.15) is 33.1 Å². The summed E-state index contributed by atoms with van der Waals surface area (Å²) in [5, 5.41) is 7.09. The quantitative estimate of drug-likeness (QED) is 0.708. The largest absolute Gasteiger partial charge is 0.381 e. The SMILES string of the molecule is CC(C)(CNCCC1CCOCC1)N1CCNCC1. The standard InChI is InChI=1S/C15H31N3O/c1-15(2,18-9-7-16-8-10-18)13-17-6-3-14-4-11-19-12-5-14/h14,16-17H,3-13H2,1-2H3. The third-order valence-corrected chi connectivity index (χ3v) is 4.60. The summed E-state index contributed by atoms with van der Waals surface area (Å²) in [6, 6.07) is 0. The summed E-state index contributed by atoms with van der Waals surface area (Å²) in [4.78, 5) is 2.60. The summed E-state index contributed by atoms with van der Waals surface area (Å²) >= 11 is 0. The summed E-state index contributed by atoms with van der Waals surface area (Å²) < 4.78 is 5.41. The van der Waals surface area contributed by atoms with Gasteiger partial charge in [0.05, 0.1) is 0 Å². The average molecular weight is 269 g/mol. The van der Waals surface area contributed by atoms with Crippen molar-refractivity contribution < 1.29 is 4.74 Å². The molecule has 2 aliphatic rings. The van der Waals surface area contributed by atoms with Crippen LogP contribution in [0.5, 0.6) is 0 Å². The second kappa shape index (κ2) is 7.58. The smallest absolute Gasteiger partial charge is 0.0468 e. The van der Waals surface area contributed by atoms with Crippen LogP contribution in [0.15, 0.2) is 0 Å². The van der Waals surface area contributed by atoms with Gasteiger partial charge in [0.2, 0.25) is 0 Å². The van der Waals surface area contributed by atoms with Crippen LogP contribution in [0.2, 0.25) is 0 Å². The second-order valence-electron chi connectivity index (χ2n) is 6.57. The highest BCUT2D eigenvalue weighted by Crippen LogP contribution is 2.18. The van der Waals surface area contributed by atoms with Gasteiger partial charge in [0.25, 0.3) is 0 Å². The number of piperazine rings is 1. The summed E-state index contributed by atoms with van der Waals surface area (Å²) in [6.07, 6.45) is 3.81. The van der Waals surface area contributed by atoms with E-state index >= 15 is 0 Å². The van der Waals surface area contributed by atoms with Crippen LogP contribution in [0.4, 0.5) is 0 Å². The Balaban J connectivity index is 1.60. The minimum absolute atomic E-state index is 0.276. The van der Waals surface area contributed by atoms with Crippen molar-refractivity contribution in [2.75, 3.05) is 52.5 Å². The van der Waals surface area contributed by atoms with E-state index in [9.17, 15) is 0 Å². The molecule has 2 N–H and O–H groups in total. The van der Waals surface area contributed by atoms with E-state index < -0.39 is 0 Å². The molecule has 0 spiro atoms. The number of hydrogen-bond acceptors (Lipinski definition) is 4. The van der Waals surface area contributed by atoms with Gasteiger partial charge in [0.1, 0.15) is 0 Å². The minimum atomic E-state index is 0.276. The lowest BCUT2D eigenvalue weighted by molar-refractivity contribution is 0.0629. The third-order valence-electron chi connectivity index (χ3n) is 4.60. The first-order valence-corrected chi connectivity index (χ1v) is 7.93. The lowest BCUT2D eigenvalue weighted by Gasteiger charge is -2.41. The fourth-order valence-corrected chi connectivity index (χ4v) is 3.12. The van der Waals surface area contributed by atoms with Crippen LogP contribution in [-0.2, 0) is 4.74 Å². The molecular formula is C15H31N3O. The predicted octanol–water partition coefficient (Wildman–Crippen LogP) is 1.08. The van der Waals surface area contributed by atoms with E-state index in [0.717, 1.165) is 45.3 Å². The normalized spacial score (nSPS) is 23.7. The lowest BCUT2D eigenvalue weighted by Crippen LogP contribution is -2.57. The first kappa shape index (κ1) is 15.2. The van der Waals surface area contributed by atoms with Crippen molar-refractivity contribution in [3.05, 3.63) is 0 Å². The Kier molecular flexibility index (Phi) is 6.07. The van der Waals surface area contributed by atoms with E-state index in [1.165, 1.54) is 32.4 Å². The first-order valence-electron chi connectivity index (χ1n) is 7.93. The Bertz CT molecular complexity index is 246. The highest BCUT2D eigenvalue weighted by atomic mass is 16.5. The fourth-order valence-electron chi connectivity index (χ4n) is 3.12. The Morgan fingerprint density at radius 1 is 1.21 bits per heavy atom. The Morgan fingerprint density at radius 2 is 1.89 bits per heavy atom. The van der Waals surface area contributed by atoms with Crippen molar-refractivity contribution in [2.24, 2.45) is 5.92 Å². The molecule has 4 nitrogen and oxygen atoms in total. The molecule has 2 rings (SSSR count). The van der Waals surface area contributed by atoms with Gasteiger partial charge < -0.3 is 15.4 Å². The van der Waals surface area contributed by atoms with Gasteiger partial charge in [-0.2, -0.15) is 0 Å². The number of ether oxygens (including phenoxy) is 1. The predicted molar refractivity (Wildman–Crippen MR) is 79.6 cm³/mol. The molecule has 2 fully saturated rings. The minimum Gasteiger partial charge on any atom is -0.381 e. The molecular weight excluding hydrogens is 238 g/mol. The van der Waals surface area contributed by atoms with E-state index in [2.05, 4.69) is 29.4 Å². The lowest BCUT2D eigenvalue weighted by atomic mass is 9.96. The molecule has 0 saturated carbocycles. The van der Waals surface area contributed by atoms with Gasteiger partial charge in [-0.15, -0.1) is 0 Å². The zero-order chi connectivity index (χ0) is 13.6. The zero-order valence-corrected chi connectivity index (χ0v) is 12.7. The van der Waals surface area contributed by atoms with Gasteiger partial charge in [0, 0.05) is 51.5 Å². The molecule has 0 aromatic rings. The van der Waals surface area contributed by atoms with Crippen molar-refractivity contribution >= 4 is 0 Å². The third kappa shape index (κ3) is 5.03. The van der Waals surface area contributed by atoms with E-state index in [1.807, 2.05) is 0 Å². The summed E-state index contributed by atoms with van der Waals surface area (Å²) in [7, 11) is 0. The molecule has 4 heteroatoms. The highest BCUT2D eigenvalue weighted by Gasteiger charge is 2.27. The fraction of sp³-hybridized carbons (Fsp3) is 1.00. The molecule has 0 aliphatic carbocycles. The molecule has 0 aromatic heterocycles. The highest BCUT2D eigenvalue weighted by molar-refractivity contribution is 4.86. The number of hydrogen-bond donors (Lipinski definition) is 2. The summed E-state index contributed by atoms with van der Waals surface area (Å²) in [5.74, 6) is 0.878. The Hall–Kier alpha value is -0.160. The van der Waals surface area contributed by atoms with Gasteiger partial charge >= 0.3 is 0 Å². The molecule has 112 valence electrons. The first-order chi connectivity index (χ1) is 9.18. The second-order valence-corrected chi connectivity index (χ2v) is 6.57. The van der Waals surface area contributed by atoms with Crippen LogP contribution >= 0.6 is 0 Å². The number of nitrogens with zero attached hydrogens (tertiary/aromatic N) is 1. The van der Waals surface area contributed by atoms with Crippen molar-refractivity contribution in [1.82, 2.24) is 15.5 Å². The van der Waals surface area contributed by atoms with Crippen LogP contribution < -0.4 is 10.6 Å². The molecule has 0 radical (unpaired) electrons. The van der Waals surface area contributed by atoms with E-state index in [4.69, 9.17) is 4.74 Å².